The molecule has 1 aromatic carbocycles. The Morgan fingerprint density at radius 3 is 2.62 bits per heavy atom. The third-order valence-electron chi connectivity index (χ3n) is 3.75. The molecule has 1 aliphatic rings. The monoisotopic (exact) mass is 293 g/mol. The Hall–Kier alpha value is -2.08. The molecule has 114 valence electrons. The molecule has 0 aliphatic heterocycles. The number of hydrogen-bond acceptors (Lipinski definition) is 4. The molecule has 0 bridgehead atoms. The van der Waals surface area contributed by atoms with Gasteiger partial charge in [-0.3, -0.25) is 4.79 Å². The summed E-state index contributed by atoms with van der Waals surface area (Å²) in [4.78, 5) is 22.7. The molecule has 6 nitrogen and oxygen atoms in total. The third-order valence-corrected chi connectivity index (χ3v) is 3.75. The lowest BCUT2D eigenvalue weighted by molar-refractivity contribution is -0.137. The normalized spacial score (nSPS) is 25.0. The van der Waals surface area contributed by atoms with Crippen LogP contribution in [-0.4, -0.2) is 33.9 Å². The zero-order chi connectivity index (χ0) is 15.5. The number of carboxylic acid groups (broad SMARTS) is 1. The zero-order valence-electron chi connectivity index (χ0n) is 11.8. The van der Waals surface area contributed by atoms with Crippen molar-refractivity contribution in [1.29, 1.82) is 0 Å². The van der Waals surface area contributed by atoms with Crippen molar-refractivity contribution in [1.82, 2.24) is 5.32 Å². The molecule has 1 saturated carbocycles. The van der Waals surface area contributed by atoms with Gasteiger partial charge in [0.05, 0.1) is 18.1 Å². The molecule has 1 fully saturated rings. The molecule has 2 rings (SSSR count). The highest BCUT2D eigenvalue weighted by atomic mass is 16.5. The zero-order valence-corrected chi connectivity index (χ0v) is 11.8. The van der Waals surface area contributed by atoms with Crippen LogP contribution in [0.3, 0.4) is 0 Å². The molecule has 3 atom stereocenters. The van der Waals surface area contributed by atoms with Crippen LogP contribution in [0, 0.1) is 5.92 Å². The Kier molecular flexibility index (Phi) is 4.47. The summed E-state index contributed by atoms with van der Waals surface area (Å²) in [5.41, 5.74) is -0.0452. The van der Waals surface area contributed by atoms with E-state index in [2.05, 4.69) is 5.32 Å². The summed E-state index contributed by atoms with van der Waals surface area (Å²) in [5, 5.41) is 21.1. The average molecular weight is 293 g/mol. The van der Waals surface area contributed by atoms with E-state index in [-0.39, 0.29) is 18.9 Å². The maximum atomic E-state index is 11.8. The smallest absolute Gasteiger partial charge is 0.407 e. The second-order valence-corrected chi connectivity index (χ2v) is 5.46. The lowest BCUT2D eigenvalue weighted by Gasteiger charge is -2.18. The summed E-state index contributed by atoms with van der Waals surface area (Å²) in [7, 11) is 0. The highest BCUT2D eigenvalue weighted by molar-refractivity contribution is 5.74. The van der Waals surface area contributed by atoms with E-state index in [0.717, 1.165) is 5.56 Å². The lowest BCUT2D eigenvalue weighted by Crippen LogP contribution is -2.42. The van der Waals surface area contributed by atoms with Gasteiger partial charge in [0.1, 0.15) is 6.61 Å². The van der Waals surface area contributed by atoms with Crippen molar-refractivity contribution < 1.29 is 24.5 Å². The number of carboxylic acids is 1. The van der Waals surface area contributed by atoms with Crippen LogP contribution >= 0.6 is 0 Å². The minimum Gasteiger partial charge on any atom is -0.481 e. The predicted molar refractivity (Wildman–Crippen MR) is 74.5 cm³/mol. The summed E-state index contributed by atoms with van der Waals surface area (Å²) in [5.74, 6) is -1.26. The molecule has 6 heteroatoms. The molecule has 0 spiro atoms. The Morgan fingerprint density at radius 1 is 1.43 bits per heavy atom. The van der Waals surface area contributed by atoms with Gasteiger partial charge in [-0.15, -0.1) is 0 Å². The number of ether oxygens (including phenoxy) is 1. The number of aliphatic hydroxyl groups is 1. The van der Waals surface area contributed by atoms with Crippen LogP contribution in [-0.2, 0) is 16.1 Å². The fourth-order valence-electron chi connectivity index (χ4n) is 2.59. The van der Waals surface area contributed by atoms with E-state index in [9.17, 15) is 14.7 Å². The molecule has 0 heterocycles. The minimum absolute atomic E-state index is 0.120. The van der Waals surface area contributed by atoms with Crippen molar-refractivity contribution >= 4 is 12.1 Å². The van der Waals surface area contributed by atoms with Crippen molar-refractivity contribution in [2.24, 2.45) is 5.92 Å². The number of alkyl carbamates (subject to hydrolysis) is 1. The molecule has 1 aromatic rings. The number of nitrogens with one attached hydrogen (secondary N) is 1. The Labute approximate surface area is 122 Å². The van der Waals surface area contributed by atoms with Crippen molar-refractivity contribution in [3.63, 3.8) is 0 Å². The average Bonchev–Trinajstić information content (AvgIpc) is 3.10. The number of carbonyl (C=O) groups is 2. The first kappa shape index (κ1) is 15.3. The predicted octanol–water partition coefficient (Wildman–Crippen LogP) is 1.53. The number of aliphatic carboxylic acids is 1. The first-order valence-corrected chi connectivity index (χ1v) is 6.82. The van der Waals surface area contributed by atoms with E-state index < -0.39 is 23.7 Å². The number of benzene rings is 1. The van der Waals surface area contributed by atoms with Crippen LogP contribution < -0.4 is 5.32 Å². The van der Waals surface area contributed by atoms with Gasteiger partial charge in [0.15, 0.2) is 0 Å². The van der Waals surface area contributed by atoms with Gasteiger partial charge in [0, 0.05) is 5.92 Å². The lowest BCUT2D eigenvalue weighted by atomic mass is 10.1. The van der Waals surface area contributed by atoms with Crippen molar-refractivity contribution in [2.45, 2.75) is 38.0 Å². The molecule has 0 aromatic heterocycles. The minimum atomic E-state index is -1.01. The Bertz CT molecular complexity index is 516. The third kappa shape index (κ3) is 3.95. The Morgan fingerprint density at radius 2 is 2.10 bits per heavy atom. The topological polar surface area (TPSA) is 95.9 Å². The van der Waals surface area contributed by atoms with E-state index in [1.807, 2.05) is 30.3 Å². The first-order valence-electron chi connectivity index (χ1n) is 6.82. The molecule has 1 aliphatic carbocycles. The fraction of sp³-hybridized carbons (Fsp3) is 0.467. The molecule has 1 amide bonds. The number of rotatable bonds is 6. The first-order chi connectivity index (χ1) is 9.93. The van der Waals surface area contributed by atoms with Gasteiger partial charge in [-0.2, -0.15) is 0 Å². The maximum absolute atomic E-state index is 11.8. The summed E-state index contributed by atoms with van der Waals surface area (Å²) in [6.45, 7) is 1.71. The van der Waals surface area contributed by atoms with Gasteiger partial charge < -0.3 is 20.3 Å². The van der Waals surface area contributed by atoms with Crippen LogP contribution in [0.25, 0.3) is 0 Å². The molecule has 3 N–H and O–H groups in total. The van der Waals surface area contributed by atoms with Crippen LogP contribution in [0.2, 0.25) is 0 Å². The van der Waals surface area contributed by atoms with Crippen molar-refractivity contribution in [3.8, 4) is 0 Å². The molecule has 21 heavy (non-hydrogen) atoms. The van der Waals surface area contributed by atoms with Gasteiger partial charge >= 0.3 is 12.1 Å². The standard InChI is InChI=1S/C15H19NO5/c1-10(17)12-7-15(12,8-13(18)19)16-14(20)21-9-11-5-3-2-4-6-11/h2-6,10,12,17H,7-9H2,1H3,(H,16,20)(H,18,19). The molecule has 0 saturated heterocycles. The number of aliphatic hydroxyl groups excluding tert-OH is 1. The van der Waals surface area contributed by atoms with Gasteiger partial charge in [-0.05, 0) is 18.9 Å². The summed E-state index contributed by atoms with van der Waals surface area (Å²) in [6.07, 6.45) is -1.11. The number of amides is 1. The number of carbonyl (C=O) groups excluding carboxylic acids is 1. The van der Waals surface area contributed by atoms with Crippen LogP contribution in [0.15, 0.2) is 30.3 Å². The second-order valence-electron chi connectivity index (χ2n) is 5.46. The molecule has 3 unspecified atom stereocenters. The SMILES string of the molecule is CC(O)C1CC1(CC(=O)O)NC(=O)OCc1ccccc1. The Balaban J connectivity index is 1.89. The van der Waals surface area contributed by atoms with Crippen LogP contribution in [0.5, 0.6) is 0 Å². The van der Waals surface area contributed by atoms with Gasteiger partial charge in [0.2, 0.25) is 0 Å². The summed E-state index contributed by atoms with van der Waals surface area (Å²) in [6, 6.07) is 9.20. The maximum Gasteiger partial charge on any atom is 0.407 e. The molecular formula is C15H19NO5. The molecular weight excluding hydrogens is 274 g/mol. The van der Waals surface area contributed by atoms with Crippen LogP contribution in [0.4, 0.5) is 4.79 Å². The van der Waals surface area contributed by atoms with Gasteiger partial charge in [-0.25, -0.2) is 4.79 Å². The van der Waals surface area contributed by atoms with E-state index in [1.54, 1.807) is 6.92 Å². The largest absolute Gasteiger partial charge is 0.481 e. The summed E-state index contributed by atoms with van der Waals surface area (Å²) >= 11 is 0. The van der Waals surface area contributed by atoms with Crippen molar-refractivity contribution in [2.75, 3.05) is 0 Å². The van der Waals surface area contributed by atoms with Gasteiger partial charge in [-0.1, -0.05) is 30.3 Å². The van der Waals surface area contributed by atoms with E-state index in [1.165, 1.54) is 0 Å². The molecule has 0 radical (unpaired) electrons. The highest BCUT2D eigenvalue weighted by Gasteiger charge is 2.58. The second kappa shape index (κ2) is 6.13. The quantitative estimate of drug-likeness (QED) is 0.739. The van der Waals surface area contributed by atoms with Gasteiger partial charge in [0.25, 0.3) is 0 Å². The summed E-state index contributed by atoms with van der Waals surface area (Å²) < 4.78 is 5.09. The van der Waals surface area contributed by atoms with E-state index in [0.29, 0.717) is 6.42 Å². The fourth-order valence-corrected chi connectivity index (χ4v) is 2.59. The number of hydrogen-bond donors (Lipinski definition) is 3. The highest BCUT2D eigenvalue weighted by Crippen LogP contribution is 2.48. The van der Waals surface area contributed by atoms with E-state index in [4.69, 9.17) is 9.84 Å². The van der Waals surface area contributed by atoms with E-state index >= 15 is 0 Å². The van der Waals surface area contributed by atoms with Crippen LogP contribution in [0.1, 0.15) is 25.3 Å². The van der Waals surface area contributed by atoms with Crippen molar-refractivity contribution in [3.05, 3.63) is 35.9 Å².